The zero-order valence-corrected chi connectivity index (χ0v) is 5.64. The molecular formula is C6H10S. The molecule has 0 aliphatic carbocycles. The van der Waals surface area contributed by atoms with Gasteiger partial charge >= 0.3 is 0 Å². The van der Waals surface area contributed by atoms with Crippen LogP contribution in [0.3, 0.4) is 0 Å². The van der Waals surface area contributed by atoms with Crippen LogP contribution in [0.5, 0.6) is 0 Å². The van der Waals surface area contributed by atoms with Gasteiger partial charge in [0.15, 0.2) is 0 Å². The van der Waals surface area contributed by atoms with Gasteiger partial charge in [-0.05, 0) is 25.1 Å². The number of hydrogen-bond donors (Lipinski definition) is 0. The second kappa shape index (κ2) is 2.92. The first-order valence-corrected chi connectivity index (χ1v) is 2.67. The highest BCUT2D eigenvalue weighted by atomic mass is 32.1. The van der Waals surface area contributed by atoms with Crippen molar-refractivity contribution >= 4 is 17.1 Å². The van der Waals surface area contributed by atoms with Crippen molar-refractivity contribution in [1.29, 1.82) is 0 Å². The fraction of sp³-hybridized carbons (Fsp3) is 0.500. The third kappa shape index (κ3) is 5.83. The predicted molar refractivity (Wildman–Crippen MR) is 37.7 cm³/mol. The Hall–Kier alpha value is -0.170. The van der Waals surface area contributed by atoms with Gasteiger partial charge in [-0.1, -0.05) is 24.4 Å². The first-order valence-electron chi connectivity index (χ1n) is 2.26. The van der Waals surface area contributed by atoms with Crippen LogP contribution in [0.1, 0.15) is 20.3 Å². The number of hydrogen-bond acceptors (Lipinski definition) is 1. The molecule has 0 aromatic heterocycles. The van der Waals surface area contributed by atoms with Crippen molar-refractivity contribution in [2.45, 2.75) is 20.3 Å². The van der Waals surface area contributed by atoms with E-state index in [0.717, 1.165) is 16.9 Å². The van der Waals surface area contributed by atoms with Crippen molar-refractivity contribution in [3.63, 3.8) is 0 Å². The summed E-state index contributed by atoms with van der Waals surface area (Å²) >= 11 is 4.81. The van der Waals surface area contributed by atoms with E-state index in [1.165, 1.54) is 0 Å². The first kappa shape index (κ1) is 6.83. The Kier molecular flexibility index (Phi) is 2.84. The molecule has 0 aliphatic heterocycles. The van der Waals surface area contributed by atoms with Crippen LogP contribution < -0.4 is 0 Å². The molecule has 0 aromatic carbocycles. The molecule has 40 valence electrons. The lowest BCUT2D eigenvalue weighted by molar-refractivity contribution is 1.29. The van der Waals surface area contributed by atoms with Crippen LogP contribution in [0.4, 0.5) is 0 Å². The van der Waals surface area contributed by atoms with Crippen molar-refractivity contribution in [1.82, 2.24) is 0 Å². The van der Waals surface area contributed by atoms with Gasteiger partial charge in [0.2, 0.25) is 0 Å². The van der Waals surface area contributed by atoms with Gasteiger partial charge in [0.05, 0.1) is 0 Å². The molecule has 1 heteroatoms. The highest BCUT2D eigenvalue weighted by molar-refractivity contribution is 7.80. The molecule has 0 saturated heterocycles. The lowest BCUT2D eigenvalue weighted by atomic mass is 10.2. The summed E-state index contributed by atoms with van der Waals surface area (Å²) in [5, 5.41) is 0. The fourth-order valence-electron chi connectivity index (χ4n) is 0.425. The molecule has 0 atom stereocenters. The second-order valence-corrected chi connectivity index (χ2v) is 2.53. The Morgan fingerprint density at radius 2 is 2.00 bits per heavy atom. The normalized spacial score (nSPS) is 8.29. The number of allylic oxidation sites excluding steroid dienone is 1. The number of rotatable bonds is 2. The average molecular weight is 114 g/mol. The monoisotopic (exact) mass is 114 g/mol. The van der Waals surface area contributed by atoms with Crippen molar-refractivity contribution in [2.24, 2.45) is 0 Å². The highest BCUT2D eigenvalue weighted by Gasteiger charge is 1.84. The highest BCUT2D eigenvalue weighted by Crippen LogP contribution is 1.96. The van der Waals surface area contributed by atoms with Crippen LogP contribution in [-0.2, 0) is 0 Å². The van der Waals surface area contributed by atoms with E-state index in [2.05, 4.69) is 6.58 Å². The average Bonchev–Trinajstić information content (AvgIpc) is 1.27. The van der Waals surface area contributed by atoms with E-state index in [4.69, 9.17) is 12.2 Å². The SMILES string of the molecule is C=C(C)CC(C)=S. The minimum Gasteiger partial charge on any atom is -0.0998 e. The van der Waals surface area contributed by atoms with E-state index in [9.17, 15) is 0 Å². The van der Waals surface area contributed by atoms with Crippen LogP contribution >= 0.6 is 12.2 Å². The molecule has 0 saturated carbocycles. The van der Waals surface area contributed by atoms with Crippen LogP contribution in [0.25, 0.3) is 0 Å². The second-order valence-electron chi connectivity index (χ2n) is 1.84. The van der Waals surface area contributed by atoms with Gasteiger partial charge in [-0.2, -0.15) is 0 Å². The smallest absolute Gasteiger partial charge is 0.00114 e. The van der Waals surface area contributed by atoms with E-state index >= 15 is 0 Å². The van der Waals surface area contributed by atoms with Crippen LogP contribution in [0.2, 0.25) is 0 Å². The molecule has 0 bridgehead atoms. The Morgan fingerprint density at radius 3 is 2.00 bits per heavy atom. The molecule has 0 spiro atoms. The summed E-state index contributed by atoms with van der Waals surface area (Å²) in [6.07, 6.45) is 0.898. The van der Waals surface area contributed by atoms with Crippen molar-refractivity contribution in [3.05, 3.63) is 12.2 Å². The summed E-state index contributed by atoms with van der Waals surface area (Å²) in [4.78, 5) is 1.02. The van der Waals surface area contributed by atoms with Crippen molar-refractivity contribution < 1.29 is 0 Å². The molecule has 0 rings (SSSR count). The maximum absolute atomic E-state index is 4.81. The molecule has 0 nitrogen and oxygen atoms in total. The van der Waals surface area contributed by atoms with Crippen molar-refractivity contribution in [3.8, 4) is 0 Å². The minimum atomic E-state index is 0.898. The lowest BCUT2D eigenvalue weighted by Crippen LogP contribution is -1.84. The van der Waals surface area contributed by atoms with Crippen molar-refractivity contribution in [2.75, 3.05) is 0 Å². The molecule has 0 N–H and O–H groups in total. The summed E-state index contributed by atoms with van der Waals surface area (Å²) in [5.41, 5.74) is 1.15. The quantitative estimate of drug-likeness (QED) is 0.392. The molecule has 0 amide bonds. The van der Waals surface area contributed by atoms with Gasteiger partial charge in [0, 0.05) is 0 Å². The first-order chi connectivity index (χ1) is 3.13. The third-order valence-corrected chi connectivity index (χ3v) is 0.695. The van der Waals surface area contributed by atoms with Gasteiger partial charge in [0.25, 0.3) is 0 Å². The Bertz CT molecular complexity index is 80.4. The Balaban J connectivity index is 3.32. The van der Waals surface area contributed by atoms with Crippen LogP contribution in [0.15, 0.2) is 12.2 Å². The molecule has 0 unspecified atom stereocenters. The number of thiocarbonyl (C=S) groups is 1. The fourth-order valence-corrected chi connectivity index (χ4v) is 0.671. The molecule has 7 heavy (non-hydrogen) atoms. The minimum absolute atomic E-state index is 0.898. The summed E-state index contributed by atoms with van der Waals surface area (Å²) < 4.78 is 0. The Labute approximate surface area is 50.2 Å². The summed E-state index contributed by atoms with van der Waals surface area (Å²) in [6, 6.07) is 0. The van der Waals surface area contributed by atoms with E-state index in [0.29, 0.717) is 0 Å². The maximum Gasteiger partial charge on any atom is -0.00114 e. The van der Waals surface area contributed by atoms with Gasteiger partial charge < -0.3 is 0 Å². The lowest BCUT2D eigenvalue weighted by Gasteiger charge is -1.90. The van der Waals surface area contributed by atoms with Crippen LogP contribution in [-0.4, -0.2) is 4.86 Å². The predicted octanol–water partition coefficient (Wildman–Crippen LogP) is 2.34. The van der Waals surface area contributed by atoms with Crippen LogP contribution in [0, 0.1) is 0 Å². The van der Waals surface area contributed by atoms with Gasteiger partial charge in [0.1, 0.15) is 0 Å². The molecular weight excluding hydrogens is 104 g/mol. The standard InChI is InChI=1S/C6H10S/c1-5(2)4-6(3)7/h1,4H2,2-3H3. The van der Waals surface area contributed by atoms with E-state index < -0.39 is 0 Å². The molecule has 0 heterocycles. The summed E-state index contributed by atoms with van der Waals surface area (Å²) in [6.45, 7) is 7.62. The molecule has 0 radical (unpaired) electrons. The zero-order valence-electron chi connectivity index (χ0n) is 4.82. The van der Waals surface area contributed by atoms with Gasteiger partial charge in [-0.15, -0.1) is 0 Å². The molecule has 0 aliphatic rings. The summed E-state index contributed by atoms with van der Waals surface area (Å²) in [5.74, 6) is 0. The Morgan fingerprint density at radius 1 is 1.57 bits per heavy atom. The van der Waals surface area contributed by atoms with Gasteiger partial charge in [-0.3, -0.25) is 0 Å². The van der Waals surface area contributed by atoms with Gasteiger partial charge in [-0.25, -0.2) is 0 Å². The largest absolute Gasteiger partial charge is 0.0998 e. The van der Waals surface area contributed by atoms with E-state index in [-0.39, 0.29) is 0 Å². The summed E-state index contributed by atoms with van der Waals surface area (Å²) in [7, 11) is 0. The van der Waals surface area contributed by atoms with E-state index in [1.54, 1.807) is 0 Å². The maximum atomic E-state index is 4.81. The molecule has 0 fully saturated rings. The topological polar surface area (TPSA) is 0 Å². The molecule has 0 aromatic rings. The third-order valence-electron chi connectivity index (χ3n) is 0.551. The van der Waals surface area contributed by atoms with E-state index in [1.807, 2.05) is 13.8 Å². The zero-order chi connectivity index (χ0) is 5.86.